The maximum atomic E-state index is 12.7. The van der Waals surface area contributed by atoms with Crippen LogP contribution in [0, 0.1) is 6.92 Å². The lowest BCUT2D eigenvalue weighted by molar-refractivity contribution is 0.390. The number of rotatable bonds is 3. The normalized spacial score (nSPS) is 20.4. The minimum atomic E-state index is -3.42. The third-order valence-electron chi connectivity index (χ3n) is 3.38. The van der Waals surface area contributed by atoms with Gasteiger partial charge in [-0.05, 0) is 31.2 Å². The molecule has 0 saturated carbocycles. The summed E-state index contributed by atoms with van der Waals surface area (Å²) >= 11 is 1.25. The highest BCUT2D eigenvalue weighted by Gasteiger charge is 2.37. The molecule has 0 aromatic carbocycles. The van der Waals surface area contributed by atoms with Crippen molar-refractivity contribution < 1.29 is 8.42 Å². The fraction of sp³-hybridized carbons (Fsp3) is 0.385. The highest BCUT2D eigenvalue weighted by Crippen LogP contribution is 2.36. The van der Waals surface area contributed by atoms with E-state index in [2.05, 4.69) is 9.97 Å². The van der Waals surface area contributed by atoms with Crippen LogP contribution >= 0.6 is 11.3 Å². The summed E-state index contributed by atoms with van der Waals surface area (Å²) in [6, 6.07) is 3.21. The van der Waals surface area contributed by atoms with Gasteiger partial charge >= 0.3 is 0 Å². The van der Waals surface area contributed by atoms with Crippen molar-refractivity contribution in [2.75, 3.05) is 6.54 Å². The summed E-state index contributed by atoms with van der Waals surface area (Å²) < 4.78 is 27.3. The van der Waals surface area contributed by atoms with E-state index >= 15 is 0 Å². The summed E-state index contributed by atoms with van der Waals surface area (Å²) in [5.74, 6) is 0. The Morgan fingerprint density at radius 1 is 1.40 bits per heavy atom. The molecule has 0 spiro atoms. The van der Waals surface area contributed by atoms with Gasteiger partial charge in [-0.15, -0.1) is 11.3 Å². The van der Waals surface area contributed by atoms with Crippen LogP contribution < -0.4 is 0 Å². The van der Waals surface area contributed by atoms with Crippen LogP contribution in [0.2, 0.25) is 0 Å². The third-order valence-corrected chi connectivity index (χ3v) is 6.66. The van der Waals surface area contributed by atoms with Gasteiger partial charge < -0.3 is 0 Å². The van der Waals surface area contributed by atoms with Gasteiger partial charge in [0.05, 0.1) is 23.6 Å². The van der Waals surface area contributed by atoms with Gasteiger partial charge in [-0.3, -0.25) is 9.97 Å². The van der Waals surface area contributed by atoms with Gasteiger partial charge in [0.2, 0.25) is 0 Å². The van der Waals surface area contributed by atoms with Gasteiger partial charge in [-0.25, -0.2) is 8.42 Å². The first kappa shape index (κ1) is 13.7. The lowest BCUT2D eigenvalue weighted by Crippen LogP contribution is -2.30. The van der Waals surface area contributed by atoms with Crippen LogP contribution in [0.4, 0.5) is 0 Å². The van der Waals surface area contributed by atoms with E-state index in [1.54, 1.807) is 34.2 Å². The number of aryl methyl sites for hydroxylation is 1. The molecule has 1 atom stereocenters. The largest absolute Gasteiger partial charge is 0.261 e. The Balaban J connectivity index is 1.98. The average Bonchev–Trinajstić information content (AvgIpc) is 3.11. The molecular formula is C13H15N3O2S2. The van der Waals surface area contributed by atoms with Crippen LogP contribution in [0.15, 0.2) is 34.1 Å². The fourth-order valence-corrected chi connectivity index (χ4v) is 5.28. The molecule has 1 fully saturated rings. The number of hydrogen-bond donors (Lipinski definition) is 0. The second-order valence-electron chi connectivity index (χ2n) is 4.79. The van der Waals surface area contributed by atoms with Gasteiger partial charge in [0.15, 0.2) is 0 Å². The van der Waals surface area contributed by atoms with Crippen LogP contribution in [0.1, 0.15) is 30.3 Å². The second kappa shape index (κ2) is 5.23. The maximum Gasteiger partial charge on any atom is 0.253 e. The molecule has 0 bridgehead atoms. The molecule has 1 aliphatic heterocycles. The number of aromatic nitrogens is 2. The van der Waals surface area contributed by atoms with E-state index in [1.807, 2.05) is 6.92 Å². The van der Waals surface area contributed by atoms with E-state index in [9.17, 15) is 8.42 Å². The molecule has 1 aliphatic rings. The summed E-state index contributed by atoms with van der Waals surface area (Å²) in [6.45, 7) is 2.41. The Morgan fingerprint density at radius 2 is 2.25 bits per heavy atom. The summed E-state index contributed by atoms with van der Waals surface area (Å²) in [7, 11) is -3.42. The molecule has 0 aliphatic carbocycles. The van der Waals surface area contributed by atoms with Crippen LogP contribution in [0.5, 0.6) is 0 Å². The Kier molecular flexibility index (Phi) is 3.57. The summed E-state index contributed by atoms with van der Waals surface area (Å²) in [4.78, 5) is 8.56. The minimum Gasteiger partial charge on any atom is -0.261 e. The molecule has 5 nitrogen and oxygen atoms in total. The monoisotopic (exact) mass is 309 g/mol. The molecule has 0 radical (unpaired) electrons. The SMILES string of the molecule is Cc1cncc([C@H]2CCCN2S(=O)(=O)c2cccs2)n1. The van der Waals surface area contributed by atoms with E-state index in [1.165, 1.54) is 11.3 Å². The van der Waals surface area contributed by atoms with Crippen molar-refractivity contribution in [1.29, 1.82) is 0 Å². The van der Waals surface area contributed by atoms with E-state index in [4.69, 9.17) is 0 Å². The first-order valence-corrected chi connectivity index (χ1v) is 8.75. The fourth-order valence-electron chi connectivity index (χ4n) is 2.49. The zero-order chi connectivity index (χ0) is 14.2. The van der Waals surface area contributed by atoms with Crippen molar-refractivity contribution in [3.05, 3.63) is 41.3 Å². The summed E-state index contributed by atoms with van der Waals surface area (Å²) in [6.07, 6.45) is 4.99. The van der Waals surface area contributed by atoms with Crippen molar-refractivity contribution in [2.45, 2.75) is 30.0 Å². The van der Waals surface area contributed by atoms with Crippen LogP contribution in [0.3, 0.4) is 0 Å². The molecule has 2 aromatic heterocycles. The Morgan fingerprint density at radius 3 is 2.95 bits per heavy atom. The van der Waals surface area contributed by atoms with Crippen molar-refractivity contribution in [1.82, 2.24) is 14.3 Å². The average molecular weight is 309 g/mol. The maximum absolute atomic E-state index is 12.7. The van der Waals surface area contributed by atoms with Crippen molar-refractivity contribution in [2.24, 2.45) is 0 Å². The molecule has 0 unspecified atom stereocenters. The zero-order valence-electron chi connectivity index (χ0n) is 11.1. The Hall–Kier alpha value is -1.31. The third kappa shape index (κ3) is 2.36. The van der Waals surface area contributed by atoms with Gasteiger partial charge in [-0.2, -0.15) is 4.31 Å². The molecule has 2 aromatic rings. The standard InChI is InChI=1S/C13H15N3O2S2/c1-10-8-14-9-11(15-10)12-4-2-6-16(12)20(17,18)13-5-3-7-19-13/h3,5,7-9,12H,2,4,6H2,1H3/t12-/m1/s1. The minimum absolute atomic E-state index is 0.200. The van der Waals surface area contributed by atoms with E-state index in [-0.39, 0.29) is 6.04 Å². The molecule has 0 N–H and O–H groups in total. The molecule has 3 rings (SSSR count). The van der Waals surface area contributed by atoms with Crippen LogP contribution in [-0.2, 0) is 10.0 Å². The molecule has 20 heavy (non-hydrogen) atoms. The van der Waals surface area contributed by atoms with Gasteiger partial charge in [0.1, 0.15) is 4.21 Å². The lowest BCUT2D eigenvalue weighted by Gasteiger charge is -2.22. The lowest BCUT2D eigenvalue weighted by atomic mass is 10.2. The van der Waals surface area contributed by atoms with Gasteiger partial charge in [-0.1, -0.05) is 6.07 Å². The first-order valence-electron chi connectivity index (χ1n) is 6.43. The first-order chi connectivity index (χ1) is 9.59. The number of thiophene rings is 1. The smallest absolute Gasteiger partial charge is 0.253 e. The predicted octanol–water partition coefficient (Wildman–Crippen LogP) is 2.37. The highest BCUT2D eigenvalue weighted by atomic mass is 32.2. The van der Waals surface area contributed by atoms with Crippen molar-refractivity contribution in [3.63, 3.8) is 0 Å². The summed E-state index contributed by atoms with van der Waals surface area (Å²) in [5.41, 5.74) is 1.55. The molecular weight excluding hydrogens is 294 g/mol. The molecule has 1 saturated heterocycles. The summed E-state index contributed by atoms with van der Waals surface area (Å²) in [5, 5.41) is 1.78. The quantitative estimate of drug-likeness (QED) is 0.873. The van der Waals surface area contributed by atoms with E-state index in [0.717, 1.165) is 24.2 Å². The Labute approximate surface area is 122 Å². The van der Waals surface area contributed by atoms with E-state index in [0.29, 0.717) is 10.8 Å². The topological polar surface area (TPSA) is 63.2 Å². The van der Waals surface area contributed by atoms with Gasteiger partial charge in [0, 0.05) is 12.7 Å². The molecule has 0 amide bonds. The predicted molar refractivity (Wildman–Crippen MR) is 77.0 cm³/mol. The van der Waals surface area contributed by atoms with E-state index < -0.39 is 10.0 Å². The second-order valence-corrected chi connectivity index (χ2v) is 7.86. The highest BCUT2D eigenvalue weighted by molar-refractivity contribution is 7.91. The van der Waals surface area contributed by atoms with Crippen molar-refractivity contribution in [3.8, 4) is 0 Å². The van der Waals surface area contributed by atoms with Gasteiger partial charge in [0.25, 0.3) is 10.0 Å². The number of hydrogen-bond acceptors (Lipinski definition) is 5. The van der Waals surface area contributed by atoms with Crippen molar-refractivity contribution >= 4 is 21.4 Å². The molecule has 7 heteroatoms. The Bertz CT molecular complexity index is 698. The number of nitrogens with zero attached hydrogens (tertiary/aromatic N) is 3. The number of sulfonamides is 1. The molecule has 106 valence electrons. The van der Waals surface area contributed by atoms with Crippen LogP contribution in [0.25, 0.3) is 0 Å². The van der Waals surface area contributed by atoms with Crippen LogP contribution in [-0.4, -0.2) is 29.2 Å². The molecule has 3 heterocycles. The zero-order valence-corrected chi connectivity index (χ0v) is 12.7.